The number of rotatable bonds is 5. The summed E-state index contributed by atoms with van der Waals surface area (Å²) in [5.74, 6) is 7.53. The molecule has 0 radical (unpaired) electrons. The lowest BCUT2D eigenvalue weighted by atomic mass is 9.48. The number of hydrogen-bond donors (Lipinski definition) is 1. The average molecular weight is 389 g/mol. The van der Waals surface area contributed by atoms with Crippen LogP contribution < -0.4 is 0 Å². The maximum Gasteiger partial charge on any atom is 0.0622 e. The first-order chi connectivity index (χ1) is 13.2. The quantitative estimate of drug-likeness (QED) is 0.518. The third kappa shape index (κ3) is 3.83. The Morgan fingerprint density at radius 3 is 2.32 bits per heavy atom. The van der Waals surface area contributed by atoms with Crippen LogP contribution in [0.25, 0.3) is 0 Å². The molecule has 0 aromatic rings. The molecule has 4 aliphatic carbocycles. The second-order valence-electron chi connectivity index (χ2n) is 12.7. The zero-order valence-electron chi connectivity index (χ0n) is 19.6. The molecule has 0 saturated heterocycles. The fourth-order valence-corrected chi connectivity index (χ4v) is 9.11. The minimum Gasteiger partial charge on any atom is -0.390 e. The van der Waals surface area contributed by atoms with Gasteiger partial charge in [-0.15, -0.1) is 0 Å². The number of aliphatic hydroxyl groups is 1. The largest absolute Gasteiger partial charge is 0.390 e. The van der Waals surface area contributed by atoms with Crippen LogP contribution in [0.15, 0.2) is 0 Å². The zero-order valence-corrected chi connectivity index (χ0v) is 19.6. The van der Waals surface area contributed by atoms with Gasteiger partial charge in [-0.05, 0) is 117 Å². The van der Waals surface area contributed by atoms with E-state index in [1.54, 1.807) is 0 Å². The maximum atomic E-state index is 10.6. The van der Waals surface area contributed by atoms with Crippen LogP contribution in [-0.2, 0) is 0 Å². The normalized spacial score (nSPS) is 49.4. The number of fused-ring (bicyclic) bond motifs is 5. The zero-order chi connectivity index (χ0) is 20.1. The highest BCUT2D eigenvalue weighted by atomic mass is 16.3. The number of hydrogen-bond acceptors (Lipinski definition) is 1. The van der Waals surface area contributed by atoms with Crippen LogP contribution in [0.1, 0.15) is 112 Å². The summed E-state index contributed by atoms with van der Waals surface area (Å²) in [6.07, 6.45) is 16.6. The van der Waals surface area contributed by atoms with Crippen molar-refractivity contribution in [1.29, 1.82) is 0 Å². The second-order valence-corrected chi connectivity index (χ2v) is 12.7. The Hall–Kier alpha value is -0.0400. The second kappa shape index (κ2) is 7.90. The Morgan fingerprint density at radius 1 is 0.821 bits per heavy atom. The Kier molecular flexibility index (Phi) is 5.98. The van der Waals surface area contributed by atoms with E-state index in [2.05, 4.69) is 34.6 Å². The molecule has 1 heteroatoms. The van der Waals surface area contributed by atoms with Gasteiger partial charge in [-0.2, -0.15) is 0 Å². The van der Waals surface area contributed by atoms with Crippen molar-refractivity contribution < 1.29 is 5.11 Å². The van der Waals surface area contributed by atoms with Crippen LogP contribution in [0, 0.1) is 52.8 Å². The van der Waals surface area contributed by atoms with Gasteiger partial charge in [-0.1, -0.05) is 47.0 Å². The summed E-state index contributed by atoms with van der Waals surface area (Å²) in [6.45, 7) is 12.1. The Bertz CT molecular complexity index is 536. The SMILES string of the molecule is CC(C)CCCC(C)[C@H]1CCC2[C@@H]3CCC4C[C@@](C)(O)CCC4C3CCC21C. The smallest absolute Gasteiger partial charge is 0.0622 e. The van der Waals surface area contributed by atoms with Crippen LogP contribution >= 0.6 is 0 Å². The van der Waals surface area contributed by atoms with E-state index in [4.69, 9.17) is 0 Å². The highest BCUT2D eigenvalue weighted by molar-refractivity contribution is 5.07. The van der Waals surface area contributed by atoms with Gasteiger partial charge in [0.15, 0.2) is 0 Å². The summed E-state index contributed by atoms with van der Waals surface area (Å²) in [7, 11) is 0. The summed E-state index contributed by atoms with van der Waals surface area (Å²) in [5.41, 5.74) is 0.256. The minimum atomic E-state index is -0.374. The van der Waals surface area contributed by atoms with Crippen molar-refractivity contribution in [3.05, 3.63) is 0 Å². The van der Waals surface area contributed by atoms with Gasteiger partial charge in [0.05, 0.1) is 5.60 Å². The van der Waals surface area contributed by atoms with Gasteiger partial charge in [0.2, 0.25) is 0 Å². The van der Waals surface area contributed by atoms with Crippen LogP contribution in [0.2, 0.25) is 0 Å². The molecule has 4 aliphatic rings. The molecule has 0 aromatic carbocycles. The van der Waals surface area contributed by atoms with E-state index in [1.165, 1.54) is 64.2 Å². The molecule has 0 aliphatic heterocycles. The third-order valence-electron chi connectivity index (χ3n) is 10.4. The molecule has 0 spiro atoms. The van der Waals surface area contributed by atoms with Gasteiger partial charge >= 0.3 is 0 Å². The molecule has 0 amide bonds. The summed E-state index contributed by atoms with van der Waals surface area (Å²) in [6, 6.07) is 0. The lowest BCUT2D eigenvalue weighted by Gasteiger charge is -2.57. The first kappa shape index (κ1) is 21.2. The molecule has 4 saturated carbocycles. The van der Waals surface area contributed by atoms with Crippen LogP contribution in [0.3, 0.4) is 0 Å². The van der Waals surface area contributed by atoms with Crippen LogP contribution in [0.4, 0.5) is 0 Å². The Balaban J connectivity index is 1.42. The topological polar surface area (TPSA) is 20.2 Å². The Labute approximate surface area is 175 Å². The maximum absolute atomic E-state index is 10.6. The van der Waals surface area contributed by atoms with Crippen LogP contribution in [-0.4, -0.2) is 10.7 Å². The van der Waals surface area contributed by atoms with Crippen molar-refractivity contribution in [3.8, 4) is 0 Å². The molecule has 6 unspecified atom stereocenters. The molecule has 162 valence electrons. The fraction of sp³-hybridized carbons (Fsp3) is 1.00. The lowest BCUT2D eigenvalue weighted by molar-refractivity contribution is -0.103. The predicted octanol–water partition coefficient (Wildman–Crippen LogP) is 7.47. The van der Waals surface area contributed by atoms with Crippen LogP contribution in [0.5, 0.6) is 0 Å². The summed E-state index contributed by atoms with van der Waals surface area (Å²) < 4.78 is 0. The standard InChI is InChI=1S/C27H48O/c1-18(2)7-6-8-19(3)24-11-12-25-23-10-9-20-17-26(4,28)15-13-21(20)22(23)14-16-27(24,25)5/h18-25,28H,6-17H2,1-5H3/t19?,20?,21?,22?,23-,24-,25?,26+,27?/m1/s1. The summed E-state index contributed by atoms with van der Waals surface area (Å²) in [5, 5.41) is 10.6. The molecule has 4 rings (SSSR count). The third-order valence-corrected chi connectivity index (χ3v) is 10.4. The first-order valence-electron chi connectivity index (χ1n) is 12.9. The van der Waals surface area contributed by atoms with Crippen molar-refractivity contribution in [2.75, 3.05) is 0 Å². The van der Waals surface area contributed by atoms with E-state index in [-0.39, 0.29) is 5.60 Å². The average Bonchev–Trinajstić information content (AvgIpc) is 2.97. The van der Waals surface area contributed by atoms with Gasteiger partial charge in [-0.3, -0.25) is 0 Å². The molecular formula is C27H48O. The van der Waals surface area contributed by atoms with E-state index < -0.39 is 0 Å². The molecule has 9 atom stereocenters. The van der Waals surface area contributed by atoms with Gasteiger partial charge in [0.1, 0.15) is 0 Å². The first-order valence-corrected chi connectivity index (χ1v) is 12.9. The van der Waals surface area contributed by atoms with E-state index >= 15 is 0 Å². The lowest BCUT2D eigenvalue weighted by Crippen LogP contribution is -2.50. The molecule has 0 aromatic heterocycles. The molecule has 0 heterocycles. The molecule has 1 nitrogen and oxygen atoms in total. The monoisotopic (exact) mass is 388 g/mol. The minimum absolute atomic E-state index is 0.374. The van der Waals surface area contributed by atoms with Crippen molar-refractivity contribution >= 4 is 0 Å². The van der Waals surface area contributed by atoms with E-state index in [1.807, 2.05) is 0 Å². The van der Waals surface area contributed by atoms with E-state index in [9.17, 15) is 5.11 Å². The molecule has 0 bridgehead atoms. The van der Waals surface area contributed by atoms with E-state index in [0.717, 1.165) is 60.2 Å². The van der Waals surface area contributed by atoms with Crippen molar-refractivity contribution in [3.63, 3.8) is 0 Å². The van der Waals surface area contributed by atoms with Gasteiger partial charge < -0.3 is 5.11 Å². The van der Waals surface area contributed by atoms with Crippen molar-refractivity contribution in [2.24, 2.45) is 52.8 Å². The van der Waals surface area contributed by atoms with Gasteiger partial charge in [0.25, 0.3) is 0 Å². The summed E-state index contributed by atoms with van der Waals surface area (Å²) in [4.78, 5) is 0. The molecule has 4 fully saturated rings. The summed E-state index contributed by atoms with van der Waals surface area (Å²) >= 11 is 0. The van der Waals surface area contributed by atoms with Crippen molar-refractivity contribution in [1.82, 2.24) is 0 Å². The van der Waals surface area contributed by atoms with Gasteiger partial charge in [0, 0.05) is 0 Å². The van der Waals surface area contributed by atoms with E-state index in [0.29, 0.717) is 5.41 Å². The Morgan fingerprint density at radius 2 is 1.57 bits per heavy atom. The molecule has 1 N–H and O–H groups in total. The highest BCUT2D eigenvalue weighted by Gasteiger charge is 2.57. The predicted molar refractivity (Wildman–Crippen MR) is 119 cm³/mol. The molecule has 28 heavy (non-hydrogen) atoms. The molecular weight excluding hydrogens is 340 g/mol. The van der Waals surface area contributed by atoms with Gasteiger partial charge in [-0.25, -0.2) is 0 Å². The van der Waals surface area contributed by atoms with Crippen molar-refractivity contribution in [2.45, 2.75) is 117 Å². The fourth-order valence-electron chi connectivity index (χ4n) is 9.11. The highest BCUT2D eigenvalue weighted by Crippen LogP contribution is 2.65.